The maximum absolute atomic E-state index is 13.7. The first-order chi connectivity index (χ1) is 9.25. The van der Waals surface area contributed by atoms with E-state index in [-0.39, 0.29) is 5.82 Å². The predicted octanol–water partition coefficient (Wildman–Crippen LogP) is 4.06. The van der Waals surface area contributed by atoms with Crippen LogP contribution in [0.1, 0.15) is 11.1 Å². The van der Waals surface area contributed by atoms with Gasteiger partial charge >= 0.3 is 0 Å². The second kappa shape index (κ2) is 5.10. The minimum atomic E-state index is -0.326. The zero-order valence-electron chi connectivity index (χ0n) is 10.3. The Morgan fingerprint density at radius 3 is 2.89 bits per heavy atom. The van der Waals surface area contributed by atoms with Crippen LogP contribution in [0.25, 0.3) is 0 Å². The molecular weight excluding hydrogens is 263 g/mol. The summed E-state index contributed by atoms with van der Waals surface area (Å²) in [5, 5.41) is 6.85. The Kier molecular flexibility index (Phi) is 3.30. The monoisotopic (exact) mass is 276 g/mol. The van der Waals surface area contributed by atoms with E-state index in [4.69, 9.17) is 11.6 Å². The molecule has 0 aromatic heterocycles. The van der Waals surface area contributed by atoms with Gasteiger partial charge in [-0.25, -0.2) is 4.39 Å². The van der Waals surface area contributed by atoms with Crippen LogP contribution in [-0.2, 0) is 13.0 Å². The number of fused-ring (bicyclic) bond motifs is 1. The second-order valence-electron chi connectivity index (χ2n) is 4.58. The van der Waals surface area contributed by atoms with Crippen molar-refractivity contribution in [2.45, 2.75) is 13.0 Å². The summed E-state index contributed by atoms with van der Waals surface area (Å²) in [5.74, 6) is -0.326. The smallest absolute Gasteiger partial charge is 0.147 e. The lowest BCUT2D eigenvalue weighted by atomic mass is 10.1. The molecule has 0 radical (unpaired) electrons. The number of hydrogen-bond acceptors (Lipinski definition) is 2. The van der Waals surface area contributed by atoms with Crippen molar-refractivity contribution in [2.75, 3.05) is 17.2 Å². The summed E-state index contributed by atoms with van der Waals surface area (Å²) >= 11 is 5.99. The molecule has 4 heteroatoms. The lowest BCUT2D eigenvalue weighted by Gasteiger charge is -2.12. The zero-order chi connectivity index (χ0) is 13.2. The molecule has 3 rings (SSSR count). The highest BCUT2D eigenvalue weighted by molar-refractivity contribution is 6.33. The van der Waals surface area contributed by atoms with Gasteiger partial charge in [0, 0.05) is 18.8 Å². The van der Waals surface area contributed by atoms with Crippen LogP contribution >= 0.6 is 11.6 Å². The van der Waals surface area contributed by atoms with Crippen LogP contribution in [0, 0.1) is 5.82 Å². The highest BCUT2D eigenvalue weighted by atomic mass is 35.5. The maximum Gasteiger partial charge on any atom is 0.147 e. The van der Waals surface area contributed by atoms with E-state index in [0.29, 0.717) is 17.3 Å². The summed E-state index contributed by atoms with van der Waals surface area (Å²) in [6.07, 6.45) is 1.05. The molecule has 0 saturated heterocycles. The molecule has 0 saturated carbocycles. The Hall–Kier alpha value is -1.74. The number of para-hydroxylation sites is 2. The number of benzene rings is 2. The van der Waals surface area contributed by atoms with Crippen LogP contribution in [0.15, 0.2) is 36.4 Å². The molecule has 2 aromatic rings. The van der Waals surface area contributed by atoms with Gasteiger partial charge in [-0.05, 0) is 29.7 Å². The third-order valence-corrected chi connectivity index (χ3v) is 3.67. The Labute approximate surface area is 116 Å². The van der Waals surface area contributed by atoms with Gasteiger partial charge in [-0.15, -0.1) is 0 Å². The molecule has 0 bridgehead atoms. The Morgan fingerprint density at radius 2 is 2.05 bits per heavy atom. The van der Waals surface area contributed by atoms with E-state index in [0.717, 1.165) is 18.5 Å². The van der Waals surface area contributed by atoms with Crippen molar-refractivity contribution in [3.63, 3.8) is 0 Å². The van der Waals surface area contributed by atoms with Gasteiger partial charge in [-0.1, -0.05) is 35.9 Å². The Bertz CT molecular complexity index is 593. The van der Waals surface area contributed by atoms with E-state index in [1.54, 1.807) is 12.1 Å². The summed E-state index contributed by atoms with van der Waals surface area (Å²) in [7, 11) is 0. The molecule has 0 aliphatic carbocycles. The van der Waals surface area contributed by atoms with Crippen molar-refractivity contribution >= 4 is 23.0 Å². The largest absolute Gasteiger partial charge is 0.384 e. The first-order valence-corrected chi connectivity index (χ1v) is 6.66. The fourth-order valence-electron chi connectivity index (χ4n) is 2.41. The van der Waals surface area contributed by atoms with Crippen LogP contribution in [0.2, 0.25) is 5.02 Å². The van der Waals surface area contributed by atoms with E-state index in [9.17, 15) is 4.39 Å². The first kappa shape index (κ1) is 12.3. The van der Waals surface area contributed by atoms with Crippen LogP contribution in [0.3, 0.4) is 0 Å². The molecule has 1 aliphatic rings. The van der Waals surface area contributed by atoms with Gasteiger partial charge in [0.15, 0.2) is 0 Å². The van der Waals surface area contributed by atoms with E-state index < -0.39 is 0 Å². The van der Waals surface area contributed by atoms with Crippen LogP contribution < -0.4 is 10.6 Å². The van der Waals surface area contributed by atoms with Gasteiger partial charge in [0.05, 0.1) is 10.7 Å². The van der Waals surface area contributed by atoms with Gasteiger partial charge in [-0.2, -0.15) is 0 Å². The Balaban J connectivity index is 1.82. The van der Waals surface area contributed by atoms with Crippen molar-refractivity contribution in [1.29, 1.82) is 0 Å². The predicted molar refractivity (Wildman–Crippen MR) is 77.4 cm³/mol. The highest BCUT2D eigenvalue weighted by Gasteiger charge is 2.14. The van der Waals surface area contributed by atoms with Gasteiger partial charge in [0.2, 0.25) is 0 Å². The SMILES string of the molecule is Fc1cccc(Cl)c1NCc1cccc2c1NCC2. The number of nitrogens with one attached hydrogen (secondary N) is 2. The molecule has 19 heavy (non-hydrogen) atoms. The van der Waals surface area contributed by atoms with Crippen molar-refractivity contribution in [1.82, 2.24) is 0 Å². The average molecular weight is 277 g/mol. The molecule has 0 spiro atoms. The number of anilines is 2. The quantitative estimate of drug-likeness (QED) is 0.883. The molecule has 0 unspecified atom stereocenters. The Morgan fingerprint density at radius 1 is 1.21 bits per heavy atom. The molecule has 0 atom stereocenters. The van der Waals surface area contributed by atoms with E-state index >= 15 is 0 Å². The fraction of sp³-hybridized carbons (Fsp3) is 0.200. The van der Waals surface area contributed by atoms with Gasteiger partial charge in [0.1, 0.15) is 5.82 Å². The highest BCUT2D eigenvalue weighted by Crippen LogP contribution is 2.29. The minimum absolute atomic E-state index is 0.326. The lowest BCUT2D eigenvalue weighted by Crippen LogP contribution is -2.04. The van der Waals surface area contributed by atoms with Crippen molar-refractivity contribution < 1.29 is 4.39 Å². The lowest BCUT2D eigenvalue weighted by molar-refractivity contribution is 0.630. The summed E-state index contributed by atoms with van der Waals surface area (Å²) in [6, 6.07) is 10.9. The van der Waals surface area contributed by atoms with Crippen LogP contribution in [-0.4, -0.2) is 6.54 Å². The zero-order valence-corrected chi connectivity index (χ0v) is 11.1. The summed E-state index contributed by atoms with van der Waals surface area (Å²) in [6.45, 7) is 1.52. The van der Waals surface area contributed by atoms with Crippen LogP contribution in [0.4, 0.5) is 15.8 Å². The molecule has 1 heterocycles. The molecule has 1 aliphatic heterocycles. The topological polar surface area (TPSA) is 24.1 Å². The summed E-state index contributed by atoms with van der Waals surface area (Å²) < 4.78 is 13.7. The van der Waals surface area contributed by atoms with Crippen molar-refractivity contribution in [3.05, 3.63) is 58.4 Å². The van der Waals surface area contributed by atoms with E-state index in [1.807, 2.05) is 12.1 Å². The molecule has 2 nitrogen and oxygen atoms in total. The molecule has 2 N–H and O–H groups in total. The second-order valence-corrected chi connectivity index (χ2v) is 4.99. The first-order valence-electron chi connectivity index (χ1n) is 6.28. The molecule has 2 aromatic carbocycles. The molecule has 0 fully saturated rings. The van der Waals surface area contributed by atoms with Crippen molar-refractivity contribution in [2.24, 2.45) is 0 Å². The normalized spacial score (nSPS) is 12.9. The minimum Gasteiger partial charge on any atom is -0.384 e. The number of rotatable bonds is 3. The van der Waals surface area contributed by atoms with E-state index in [1.165, 1.54) is 17.3 Å². The van der Waals surface area contributed by atoms with Gasteiger partial charge in [-0.3, -0.25) is 0 Å². The van der Waals surface area contributed by atoms with Gasteiger partial charge in [0.25, 0.3) is 0 Å². The maximum atomic E-state index is 13.7. The third kappa shape index (κ3) is 2.38. The summed E-state index contributed by atoms with van der Waals surface area (Å²) in [4.78, 5) is 0. The average Bonchev–Trinajstić information content (AvgIpc) is 2.87. The number of hydrogen-bond donors (Lipinski definition) is 2. The summed E-state index contributed by atoms with van der Waals surface area (Å²) in [5.41, 5.74) is 3.98. The molecule has 98 valence electrons. The fourth-order valence-corrected chi connectivity index (χ4v) is 2.64. The van der Waals surface area contributed by atoms with Gasteiger partial charge < -0.3 is 10.6 Å². The number of halogens is 2. The third-order valence-electron chi connectivity index (χ3n) is 3.35. The standard InChI is InChI=1S/C15H14ClFN2/c16-12-5-2-6-13(17)15(12)19-9-11-4-1-3-10-7-8-18-14(10)11/h1-6,18-19H,7-9H2. The molecular formula is C15H14ClFN2. The van der Waals surface area contributed by atoms with Crippen molar-refractivity contribution in [3.8, 4) is 0 Å². The van der Waals surface area contributed by atoms with Crippen LogP contribution in [0.5, 0.6) is 0 Å². The molecule has 0 amide bonds. The van der Waals surface area contributed by atoms with E-state index in [2.05, 4.69) is 16.7 Å².